The summed E-state index contributed by atoms with van der Waals surface area (Å²) >= 11 is 0. The first-order valence-electron chi connectivity index (χ1n) is 13.7. The van der Waals surface area contributed by atoms with E-state index in [1.54, 1.807) is 6.92 Å². The Kier molecular flexibility index (Phi) is 11.1. The fraction of sp³-hybridized carbons (Fsp3) is 0.846. The molecule has 9 heteroatoms. The molecule has 3 aliphatic rings. The maximum Gasteiger partial charge on any atom is 0.436 e. The van der Waals surface area contributed by atoms with Crippen LogP contribution >= 0.6 is 0 Å². The fourth-order valence-corrected chi connectivity index (χ4v) is 5.61. The van der Waals surface area contributed by atoms with Crippen molar-refractivity contribution in [2.45, 2.75) is 102 Å². The van der Waals surface area contributed by atoms with Crippen LogP contribution in [0.5, 0.6) is 0 Å². The third kappa shape index (κ3) is 8.68. The van der Waals surface area contributed by atoms with Gasteiger partial charge in [-0.05, 0) is 58.0 Å². The van der Waals surface area contributed by atoms with E-state index in [0.717, 1.165) is 77.5 Å². The van der Waals surface area contributed by atoms with E-state index < -0.39 is 17.7 Å². The highest BCUT2D eigenvalue weighted by Gasteiger charge is 2.37. The zero-order chi connectivity index (χ0) is 24.9. The minimum atomic E-state index is -0.629. The zero-order valence-electron chi connectivity index (χ0n) is 21.4. The molecule has 3 rings (SSSR count). The molecule has 0 bridgehead atoms. The Morgan fingerprint density at radius 2 is 1.77 bits per heavy atom. The summed E-state index contributed by atoms with van der Waals surface area (Å²) in [5.41, 5.74) is -0.509. The molecule has 0 aromatic heterocycles. The topological polar surface area (TPSA) is 119 Å². The van der Waals surface area contributed by atoms with Crippen molar-refractivity contribution in [2.24, 2.45) is 10.9 Å². The van der Waals surface area contributed by atoms with Crippen LogP contribution in [0, 0.1) is 17.2 Å². The molecule has 3 fully saturated rings. The van der Waals surface area contributed by atoms with Crippen molar-refractivity contribution >= 4 is 18.0 Å². The average Bonchev–Trinajstić information content (AvgIpc) is 3.14. The van der Waals surface area contributed by atoms with Gasteiger partial charge >= 0.3 is 6.09 Å². The normalized spacial score (nSPS) is 22.4. The molecule has 0 radical (unpaired) electrons. The molecule has 9 nitrogen and oxygen atoms in total. The SMILES string of the molecule is CCOC(=O)/N=C(/NC(CC1CCCCC1)C(=O)NC1(CC#N)CCNCC1)N1CCCCCC1. The van der Waals surface area contributed by atoms with Gasteiger partial charge in [0.25, 0.3) is 0 Å². The van der Waals surface area contributed by atoms with Crippen molar-refractivity contribution in [3.8, 4) is 6.07 Å². The van der Waals surface area contributed by atoms with E-state index in [2.05, 4.69) is 31.9 Å². The Balaban J connectivity index is 1.82. The van der Waals surface area contributed by atoms with Crippen LogP contribution in [0.3, 0.4) is 0 Å². The van der Waals surface area contributed by atoms with Crippen molar-refractivity contribution in [3.05, 3.63) is 0 Å². The number of nitrogens with zero attached hydrogens (tertiary/aromatic N) is 3. The molecule has 3 N–H and O–H groups in total. The Labute approximate surface area is 210 Å². The maximum absolute atomic E-state index is 13.8. The van der Waals surface area contributed by atoms with Gasteiger partial charge in [-0.3, -0.25) is 4.79 Å². The third-order valence-corrected chi connectivity index (χ3v) is 7.65. The molecule has 0 aromatic rings. The van der Waals surface area contributed by atoms with Crippen LogP contribution in [-0.4, -0.2) is 67.2 Å². The molecular weight excluding hydrogens is 444 g/mol. The van der Waals surface area contributed by atoms with Gasteiger partial charge in [0.05, 0.1) is 24.6 Å². The summed E-state index contributed by atoms with van der Waals surface area (Å²) in [7, 11) is 0. The summed E-state index contributed by atoms with van der Waals surface area (Å²) in [6, 6.07) is 1.77. The number of likely N-dealkylation sites (tertiary alicyclic amines) is 1. The number of hydrogen-bond donors (Lipinski definition) is 3. The number of nitrogens with one attached hydrogen (secondary N) is 3. The number of guanidine groups is 1. The number of nitriles is 1. The fourth-order valence-electron chi connectivity index (χ4n) is 5.61. The molecule has 2 saturated heterocycles. The lowest BCUT2D eigenvalue weighted by Gasteiger charge is -2.39. The van der Waals surface area contributed by atoms with Crippen LogP contribution in [0.25, 0.3) is 0 Å². The number of aliphatic imine (C=N–C) groups is 1. The predicted octanol–water partition coefficient (Wildman–Crippen LogP) is 3.46. The summed E-state index contributed by atoms with van der Waals surface area (Å²) in [5.74, 6) is 0.806. The largest absolute Gasteiger partial charge is 0.448 e. The van der Waals surface area contributed by atoms with Gasteiger partial charge in [0.1, 0.15) is 6.04 Å². The first kappa shape index (κ1) is 27.3. The van der Waals surface area contributed by atoms with Gasteiger partial charge in [0.2, 0.25) is 11.9 Å². The third-order valence-electron chi connectivity index (χ3n) is 7.65. The van der Waals surface area contributed by atoms with Crippen LogP contribution in [0.15, 0.2) is 4.99 Å². The minimum absolute atomic E-state index is 0.0981. The highest BCUT2D eigenvalue weighted by atomic mass is 16.5. The van der Waals surface area contributed by atoms with E-state index >= 15 is 0 Å². The second kappa shape index (κ2) is 14.3. The standard InChI is InChI=1S/C26H44N6O3/c1-2-35-25(34)30-24(32-18-8-3-4-9-19-32)29-22(20-21-10-6-5-7-11-21)23(33)31-26(12-15-27)13-16-28-17-14-26/h21-22,28H,2-14,16-20H2,1H3,(H,31,33)(H,29,30,34). The van der Waals surface area contributed by atoms with Gasteiger partial charge < -0.3 is 25.6 Å². The number of rotatable bonds is 7. The van der Waals surface area contributed by atoms with Crippen molar-refractivity contribution in [1.82, 2.24) is 20.9 Å². The van der Waals surface area contributed by atoms with Gasteiger partial charge in [-0.25, -0.2) is 4.79 Å². The Hall–Kier alpha value is -2.34. The molecule has 2 amide bonds. The summed E-state index contributed by atoms with van der Waals surface area (Å²) in [6.07, 6.45) is 12.1. The van der Waals surface area contributed by atoms with E-state index in [-0.39, 0.29) is 12.5 Å². The number of hydrogen-bond acceptors (Lipinski definition) is 5. The van der Waals surface area contributed by atoms with E-state index in [0.29, 0.717) is 24.7 Å². The monoisotopic (exact) mass is 488 g/mol. The van der Waals surface area contributed by atoms with Gasteiger partial charge in [-0.15, -0.1) is 4.99 Å². The van der Waals surface area contributed by atoms with Gasteiger partial charge in [0.15, 0.2) is 0 Å². The minimum Gasteiger partial charge on any atom is -0.448 e. The molecular formula is C26H44N6O3. The van der Waals surface area contributed by atoms with Crippen molar-refractivity contribution in [2.75, 3.05) is 32.8 Å². The lowest BCUT2D eigenvalue weighted by molar-refractivity contribution is -0.125. The van der Waals surface area contributed by atoms with E-state index in [4.69, 9.17) is 4.74 Å². The van der Waals surface area contributed by atoms with Crippen LogP contribution in [0.4, 0.5) is 4.79 Å². The van der Waals surface area contributed by atoms with Crippen molar-refractivity contribution in [1.29, 1.82) is 5.26 Å². The molecule has 1 atom stereocenters. The van der Waals surface area contributed by atoms with Gasteiger partial charge in [-0.2, -0.15) is 5.26 Å². The molecule has 1 unspecified atom stereocenters. The first-order chi connectivity index (χ1) is 17.0. The van der Waals surface area contributed by atoms with Crippen LogP contribution in [0.2, 0.25) is 0 Å². The van der Waals surface area contributed by atoms with Crippen LogP contribution in [-0.2, 0) is 9.53 Å². The van der Waals surface area contributed by atoms with E-state index in [1.165, 1.54) is 19.3 Å². The van der Waals surface area contributed by atoms with Gasteiger partial charge in [-0.1, -0.05) is 44.9 Å². The molecule has 35 heavy (non-hydrogen) atoms. The number of carbonyl (C=O) groups is 2. The molecule has 0 aromatic carbocycles. The van der Waals surface area contributed by atoms with Crippen LogP contribution < -0.4 is 16.0 Å². The second-order valence-corrected chi connectivity index (χ2v) is 10.3. The molecule has 0 spiro atoms. The molecule has 2 aliphatic heterocycles. The Morgan fingerprint density at radius 1 is 1.11 bits per heavy atom. The number of carbonyl (C=O) groups excluding carboxylic acids is 2. The lowest BCUT2D eigenvalue weighted by Crippen LogP contribution is -2.60. The molecule has 196 valence electrons. The summed E-state index contributed by atoms with van der Waals surface area (Å²) in [4.78, 5) is 32.5. The van der Waals surface area contributed by atoms with E-state index in [1.807, 2.05) is 0 Å². The van der Waals surface area contributed by atoms with E-state index in [9.17, 15) is 14.9 Å². The average molecular weight is 489 g/mol. The first-order valence-corrected chi connectivity index (χ1v) is 13.7. The Morgan fingerprint density at radius 3 is 2.40 bits per heavy atom. The molecule has 2 heterocycles. The highest BCUT2D eigenvalue weighted by Crippen LogP contribution is 2.28. The lowest BCUT2D eigenvalue weighted by atomic mass is 9.83. The number of amides is 2. The molecule has 1 saturated carbocycles. The van der Waals surface area contributed by atoms with Crippen LogP contribution in [0.1, 0.15) is 90.4 Å². The summed E-state index contributed by atoms with van der Waals surface area (Å²) < 4.78 is 5.12. The number of piperidine rings is 1. The molecule has 1 aliphatic carbocycles. The quantitative estimate of drug-likeness (QED) is 0.371. The summed E-state index contributed by atoms with van der Waals surface area (Å²) in [5, 5.41) is 19.5. The highest BCUT2D eigenvalue weighted by molar-refractivity contribution is 5.94. The summed E-state index contributed by atoms with van der Waals surface area (Å²) in [6.45, 7) is 5.18. The number of ether oxygens (including phenoxy) is 1. The maximum atomic E-state index is 13.8. The predicted molar refractivity (Wildman–Crippen MR) is 136 cm³/mol. The van der Waals surface area contributed by atoms with Crippen molar-refractivity contribution in [3.63, 3.8) is 0 Å². The van der Waals surface area contributed by atoms with Gasteiger partial charge in [0, 0.05) is 13.1 Å². The second-order valence-electron chi connectivity index (χ2n) is 10.3. The Bertz CT molecular complexity index is 745. The zero-order valence-corrected chi connectivity index (χ0v) is 21.4. The van der Waals surface area contributed by atoms with Crippen molar-refractivity contribution < 1.29 is 14.3 Å². The smallest absolute Gasteiger partial charge is 0.436 e.